The summed E-state index contributed by atoms with van der Waals surface area (Å²) < 4.78 is 16.3. The quantitative estimate of drug-likeness (QED) is 0.0538. The minimum absolute atomic E-state index is 0.111. The third kappa shape index (κ3) is 25.6. The van der Waals surface area contributed by atoms with Crippen molar-refractivity contribution in [3.05, 3.63) is 0 Å². The zero-order valence-corrected chi connectivity index (χ0v) is 35.7. The molecule has 62 heavy (non-hydrogen) atoms. The molecule has 1 rings (SSSR count). The molecule has 0 aliphatic carbocycles. The third-order valence-electron chi connectivity index (χ3n) is 9.03. The van der Waals surface area contributed by atoms with E-state index in [0.717, 1.165) is 25.7 Å². The first-order chi connectivity index (χ1) is 30.2. The number of Topliss-reactive ketones (excluding diaryl/α,β-unsaturated/α-hetero) is 1. The number of carbonyl (C=O) groups is 1. The van der Waals surface area contributed by atoms with Gasteiger partial charge in [-0.25, -0.2) is 0 Å². The van der Waals surface area contributed by atoms with Crippen LogP contribution in [0.15, 0.2) is 0 Å². The Bertz CT molecular complexity index is 2190. The number of hydrogen-bond acceptors (Lipinski definition) is 10. The number of ketones is 1. The van der Waals surface area contributed by atoms with Crippen LogP contribution in [0, 0.1) is 148 Å². The summed E-state index contributed by atoms with van der Waals surface area (Å²) >= 11 is 0. The lowest BCUT2D eigenvalue weighted by Crippen LogP contribution is -2.60. The van der Waals surface area contributed by atoms with Crippen molar-refractivity contribution in [1.29, 1.82) is 0 Å². The van der Waals surface area contributed by atoms with E-state index in [1.807, 2.05) is 0 Å². The fourth-order valence-electron chi connectivity index (χ4n) is 5.69. The number of carbonyl (C=O) groups excluding carboxylic acids is 1. The molecule has 7 N–H and O–H groups in total. The lowest BCUT2D eigenvalue weighted by molar-refractivity contribution is -0.305. The van der Waals surface area contributed by atoms with Crippen molar-refractivity contribution in [1.82, 2.24) is 0 Å². The summed E-state index contributed by atoms with van der Waals surface area (Å²) in [6, 6.07) is -1.45. The molecule has 0 amide bonds. The monoisotopic (exact) mass is 837 g/mol. The Morgan fingerprint density at radius 1 is 0.597 bits per heavy atom. The van der Waals surface area contributed by atoms with E-state index in [0.29, 0.717) is 6.42 Å². The first kappa shape index (κ1) is 54.0. The highest BCUT2D eigenvalue weighted by Gasteiger charge is 2.45. The molecule has 9 atom stereocenters. The van der Waals surface area contributed by atoms with Crippen LogP contribution in [-0.4, -0.2) is 101 Å². The number of nitrogens with two attached hydrogens (primary N) is 1. The number of aliphatic hydroxyl groups excluding tert-OH is 5. The van der Waals surface area contributed by atoms with Gasteiger partial charge in [0.25, 0.3) is 0 Å². The highest BCUT2D eigenvalue weighted by atomic mass is 16.7. The molecular weight excluding hydrogens is 783 g/mol. The minimum atomic E-state index is -1.67. The van der Waals surface area contributed by atoms with Crippen LogP contribution in [0.25, 0.3) is 0 Å². The van der Waals surface area contributed by atoms with Crippen LogP contribution in [-0.2, 0) is 19.0 Å². The average Bonchev–Trinajstić information content (AvgIpc) is 3.27. The maximum absolute atomic E-state index is 13.0. The molecule has 3 unspecified atom stereocenters. The molecule has 0 aromatic carbocycles. The topological polar surface area (TPSA) is 172 Å². The largest absolute Gasteiger partial charge is 0.390 e. The molecule has 1 heterocycles. The van der Waals surface area contributed by atoms with Gasteiger partial charge in [0.2, 0.25) is 5.78 Å². The Balaban J connectivity index is 2.84. The molecule has 1 fully saturated rings. The van der Waals surface area contributed by atoms with E-state index in [-0.39, 0.29) is 13.0 Å². The highest BCUT2D eigenvalue weighted by molar-refractivity contribution is 6.00. The molecule has 1 saturated heterocycles. The van der Waals surface area contributed by atoms with Crippen molar-refractivity contribution >= 4 is 5.78 Å². The summed E-state index contributed by atoms with van der Waals surface area (Å²) in [5.41, 5.74) is 6.28. The molecule has 322 valence electrons. The second-order valence-corrected chi connectivity index (χ2v) is 13.7. The van der Waals surface area contributed by atoms with Crippen LogP contribution in [0.1, 0.15) is 97.3 Å². The zero-order valence-electron chi connectivity index (χ0n) is 35.7. The van der Waals surface area contributed by atoms with Gasteiger partial charge in [-0.2, -0.15) is 0 Å². The first-order valence-electron chi connectivity index (χ1n) is 20.6. The van der Waals surface area contributed by atoms with Crippen LogP contribution in [0.3, 0.4) is 0 Å². The zero-order chi connectivity index (χ0) is 45.5. The molecule has 10 nitrogen and oxygen atoms in total. The van der Waals surface area contributed by atoms with Crippen molar-refractivity contribution in [2.45, 2.75) is 146 Å². The molecule has 10 heteroatoms. The second-order valence-electron chi connectivity index (χ2n) is 13.7. The number of aliphatic hydroxyl groups is 5. The summed E-state index contributed by atoms with van der Waals surface area (Å²) in [6.07, 6.45) is 3.91. The Morgan fingerprint density at radius 3 is 1.42 bits per heavy atom. The van der Waals surface area contributed by atoms with Crippen molar-refractivity contribution < 1.29 is 44.5 Å². The van der Waals surface area contributed by atoms with Gasteiger partial charge in [-0.15, -0.1) is 0 Å². The molecule has 0 aromatic rings. The molecular formula is C52H55NO9. The minimum Gasteiger partial charge on any atom is -0.390 e. The van der Waals surface area contributed by atoms with Crippen LogP contribution in [0.2, 0.25) is 0 Å². The SMILES string of the molecule is CC#CC#CC#CC#CC#CC#CC#CC#CC#CC#CC#CC#CC(=O)C(N)[C@@H](CO[C@H]1OC(COC)[C@H](O)[C@H](O)C1O)[C@H](O)[C@H](O)CCCCCCCCCCCCCC. The Kier molecular flexibility index (Phi) is 32.1. The van der Waals surface area contributed by atoms with Gasteiger partial charge in [-0.3, -0.25) is 4.79 Å². The van der Waals surface area contributed by atoms with Crippen molar-refractivity contribution in [2.24, 2.45) is 11.7 Å². The van der Waals surface area contributed by atoms with Gasteiger partial charge in [0.1, 0.15) is 24.4 Å². The van der Waals surface area contributed by atoms with Crippen LogP contribution in [0.5, 0.6) is 0 Å². The lowest BCUT2D eigenvalue weighted by Gasteiger charge is -2.41. The molecule has 0 spiro atoms. The predicted octanol–water partition coefficient (Wildman–Crippen LogP) is 1.84. The molecule has 0 saturated carbocycles. The molecule has 0 aromatic heterocycles. The fraction of sp³-hybridized carbons (Fsp3) is 0.519. The van der Waals surface area contributed by atoms with Gasteiger partial charge in [0, 0.05) is 48.6 Å². The van der Waals surface area contributed by atoms with E-state index in [4.69, 9.17) is 19.9 Å². The molecule has 1 aliphatic heterocycles. The third-order valence-corrected chi connectivity index (χ3v) is 9.03. The maximum atomic E-state index is 13.0. The van der Waals surface area contributed by atoms with Gasteiger partial charge in [-0.05, 0) is 114 Å². The van der Waals surface area contributed by atoms with Crippen molar-refractivity contribution in [2.75, 3.05) is 20.3 Å². The van der Waals surface area contributed by atoms with Crippen molar-refractivity contribution in [3.63, 3.8) is 0 Å². The molecule has 0 bridgehead atoms. The Hall–Kier alpha value is -5.97. The number of unbranched alkanes of at least 4 members (excludes halogenated alkanes) is 11. The van der Waals surface area contributed by atoms with E-state index in [2.05, 4.69) is 149 Å². The van der Waals surface area contributed by atoms with E-state index in [1.165, 1.54) is 52.1 Å². The van der Waals surface area contributed by atoms with Gasteiger partial charge in [0.05, 0.1) is 31.5 Å². The second kappa shape index (κ2) is 36.8. The summed E-state index contributed by atoms with van der Waals surface area (Å²) in [7, 11) is 1.37. The maximum Gasteiger partial charge on any atom is 0.223 e. The van der Waals surface area contributed by atoms with E-state index >= 15 is 0 Å². The smallest absolute Gasteiger partial charge is 0.223 e. The number of ether oxygens (including phenoxy) is 3. The Labute approximate surface area is 369 Å². The number of rotatable bonds is 22. The van der Waals surface area contributed by atoms with Crippen LogP contribution >= 0.6 is 0 Å². The van der Waals surface area contributed by atoms with Gasteiger partial charge >= 0.3 is 0 Å². The van der Waals surface area contributed by atoms with Gasteiger partial charge < -0.3 is 45.5 Å². The van der Waals surface area contributed by atoms with E-state index in [1.54, 1.807) is 6.92 Å². The summed E-state index contributed by atoms with van der Waals surface area (Å²) in [5, 5.41) is 53.3. The predicted molar refractivity (Wildman–Crippen MR) is 238 cm³/mol. The van der Waals surface area contributed by atoms with Crippen LogP contribution < -0.4 is 5.73 Å². The lowest BCUT2D eigenvalue weighted by atomic mass is 9.87. The number of hydrogen-bond donors (Lipinski definition) is 6. The Morgan fingerprint density at radius 2 is 1.00 bits per heavy atom. The van der Waals surface area contributed by atoms with Gasteiger partial charge in [-0.1, -0.05) is 89.9 Å². The van der Waals surface area contributed by atoms with E-state index < -0.39 is 67.3 Å². The normalized spacial score (nSPS) is 18.2. The highest BCUT2D eigenvalue weighted by Crippen LogP contribution is 2.25. The molecule has 0 radical (unpaired) electrons. The van der Waals surface area contributed by atoms with Crippen molar-refractivity contribution in [3.8, 4) is 142 Å². The van der Waals surface area contributed by atoms with Gasteiger partial charge in [0.15, 0.2) is 6.29 Å². The van der Waals surface area contributed by atoms with Crippen LogP contribution in [0.4, 0.5) is 0 Å². The standard InChI is InChI=1S/C52H55NO9/c1-4-6-8-10-12-14-16-18-19-20-21-22-23-24-25-26-27-28-30-31-33-35-37-39-44(54)47(53)43(41-61-52-51(59)50(58)49(57)46(62-52)42-60-3)48(56)45(55)40-38-36-34-32-29-17-15-13-11-9-7-5-2/h43,45-52,55-59H,5,7,9,11,13,15,17,29,32,34,36,38,40-42,53H2,1-3H3/t43-,45-,46?,47?,48+,49+,50+,51?,52+/m1/s1. The van der Waals surface area contributed by atoms with E-state index in [9.17, 15) is 30.3 Å². The summed E-state index contributed by atoms with van der Waals surface area (Å²) in [6.45, 7) is 3.31. The summed E-state index contributed by atoms with van der Waals surface area (Å²) in [5.74, 6) is 57.5. The summed E-state index contributed by atoms with van der Waals surface area (Å²) in [4.78, 5) is 13.0. The average molecular weight is 838 g/mol. The molecule has 1 aliphatic rings. The number of methoxy groups -OCH3 is 1. The fourth-order valence-corrected chi connectivity index (χ4v) is 5.69. The first-order valence-corrected chi connectivity index (χ1v) is 20.6.